The molecular weight excluding hydrogens is 426 g/mol. The zero-order valence-electron chi connectivity index (χ0n) is 15.2. The predicted molar refractivity (Wildman–Crippen MR) is 117 cm³/mol. The molecule has 0 saturated heterocycles. The Hall–Kier alpha value is -2.81. The third kappa shape index (κ3) is 3.29. The summed E-state index contributed by atoms with van der Waals surface area (Å²) >= 11 is 9.29. The van der Waals surface area contributed by atoms with Crippen molar-refractivity contribution in [3.63, 3.8) is 0 Å². The Bertz CT molecular complexity index is 1350. The van der Waals surface area contributed by atoms with Crippen molar-refractivity contribution in [1.82, 2.24) is 25.1 Å². The van der Waals surface area contributed by atoms with Gasteiger partial charge in [-0.3, -0.25) is 4.79 Å². The van der Waals surface area contributed by atoms with Crippen LogP contribution in [0.2, 0.25) is 5.02 Å². The van der Waals surface area contributed by atoms with Crippen molar-refractivity contribution >= 4 is 55.2 Å². The van der Waals surface area contributed by atoms with Gasteiger partial charge in [-0.25, -0.2) is 0 Å². The lowest BCUT2D eigenvalue weighted by Crippen LogP contribution is -2.22. The van der Waals surface area contributed by atoms with E-state index in [0.717, 1.165) is 37.0 Å². The Morgan fingerprint density at radius 2 is 1.90 bits per heavy atom. The van der Waals surface area contributed by atoms with E-state index >= 15 is 0 Å². The van der Waals surface area contributed by atoms with Crippen molar-refractivity contribution in [1.29, 1.82) is 0 Å². The maximum absolute atomic E-state index is 12.6. The number of hydrogen-bond donors (Lipinski definition) is 1. The summed E-state index contributed by atoms with van der Waals surface area (Å²) in [7, 11) is 0. The number of benzene rings is 2. The number of halogens is 1. The summed E-state index contributed by atoms with van der Waals surface area (Å²) in [5, 5.41) is 17.9. The average molecular weight is 440 g/mol. The molecule has 0 aliphatic heterocycles. The number of fused-ring (bicyclic) bond motifs is 2. The van der Waals surface area contributed by atoms with Crippen molar-refractivity contribution in [2.24, 2.45) is 0 Å². The second kappa shape index (κ2) is 7.22. The second-order valence-corrected chi connectivity index (χ2v) is 8.86. The van der Waals surface area contributed by atoms with Crippen molar-refractivity contribution in [2.45, 2.75) is 13.5 Å². The van der Waals surface area contributed by atoms with Gasteiger partial charge in [-0.05, 0) is 18.6 Å². The highest BCUT2D eigenvalue weighted by Gasteiger charge is 2.16. The summed E-state index contributed by atoms with van der Waals surface area (Å²) in [6, 6.07) is 15.7. The normalized spacial score (nSPS) is 11.4. The number of carbonyl (C=O) groups excluding carboxylic acids is 1. The topological polar surface area (TPSA) is 72.2 Å². The molecule has 0 atom stereocenters. The first kappa shape index (κ1) is 18.2. The molecule has 1 N–H and O–H groups in total. The van der Waals surface area contributed by atoms with Gasteiger partial charge in [0.2, 0.25) is 4.96 Å². The monoisotopic (exact) mass is 439 g/mol. The lowest BCUT2D eigenvalue weighted by Gasteiger charge is -2.05. The minimum atomic E-state index is -0.163. The Morgan fingerprint density at radius 3 is 2.66 bits per heavy atom. The summed E-state index contributed by atoms with van der Waals surface area (Å²) in [6.45, 7) is 2.30. The molecular formula is C20H14ClN5OS2. The summed E-state index contributed by atoms with van der Waals surface area (Å²) in [6.07, 6.45) is 0. The summed E-state index contributed by atoms with van der Waals surface area (Å²) in [5.74, 6) is 0.603. The minimum absolute atomic E-state index is 0.163. The Morgan fingerprint density at radius 1 is 1.10 bits per heavy atom. The zero-order valence-corrected chi connectivity index (χ0v) is 17.6. The third-order valence-corrected chi connectivity index (χ3v) is 7.16. The molecule has 0 radical (unpaired) electrons. The molecule has 0 fully saturated rings. The van der Waals surface area contributed by atoms with Crippen molar-refractivity contribution in [3.8, 4) is 10.6 Å². The van der Waals surface area contributed by atoms with Crippen LogP contribution in [0.25, 0.3) is 25.6 Å². The lowest BCUT2D eigenvalue weighted by atomic mass is 10.1. The molecule has 6 nitrogen and oxygen atoms in total. The summed E-state index contributed by atoms with van der Waals surface area (Å²) < 4.78 is 2.75. The first-order valence-electron chi connectivity index (χ1n) is 8.83. The van der Waals surface area contributed by atoms with Crippen LogP contribution < -0.4 is 5.32 Å². The van der Waals surface area contributed by atoms with Gasteiger partial charge in [0.25, 0.3) is 5.91 Å². The fraction of sp³-hybridized carbons (Fsp3) is 0.100. The van der Waals surface area contributed by atoms with E-state index in [1.807, 2.05) is 55.5 Å². The molecule has 0 unspecified atom stereocenters. The number of rotatable bonds is 4. The van der Waals surface area contributed by atoms with Crippen molar-refractivity contribution < 1.29 is 4.79 Å². The first-order chi connectivity index (χ1) is 14.1. The Balaban J connectivity index is 1.30. The molecule has 29 heavy (non-hydrogen) atoms. The van der Waals surface area contributed by atoms with Gasteiger partial charge in [0, 0.05) is 22.2 Å². The van der Waals surface area contributed by atoms with Crippen LogP contribution in [-0.4, -0.2) is 25.7 Å². The van der Waals surface area contributed by atoms with E-state index in [-0.39, 0.29) is 5.91 Å². The second-order valence-electron chi connectivity index (χ2n) is 6.47. The van der Waals surface area contributed by atoms with Gasteiger partial charge in [0.05, 0.1) is 5.02 Å². The molecule has 5 aromatic rings. The number of aryl methyl sites for hydroxylation is 1. The van der Waals surface area contributed by atoms with Crippen molar-refractivity contribution in [3.05, 3.63) is 69.8 Å². The molecule has 0 aliphatic carbocycles. The first-order valence-corrected chi connectivity index (χ1v) is 10.8. The summed E-state index contributed by atoms with van der Waals surface area (Å²) in [5.41, 5.74) is 2.00. The summed E-state index contributed by atoms with van der Waals surface area (Å²) in [4.78, 5) is 13.9. The van der Waals surface area contributed by atoms with E-state index in [1.54, 1.807) is 4.52 Å². The fourth-order valence-electron chi connectivity index (χ4n) is 3.02. The van der Waals surface area contributed by atoms with Crippen LogP contribution in [0.3, 0.4) is 0 Å². The lowest BCUT2D eigenvalue weighted by molar-refractivity contribution is 0.0955. The van der Waals surface area contributed by atoms with Gasteiger partial charge in [0.15, 0.2) is 5.82 Å². The molecule has 3 heterocycles. The highest BCUT2D eigenvalue weighted by molar-refractivity contribution is 7.21. The van der Waals surface area contributed by atoms with Crippen LogP contribution in [0.1, 0.15) is 21.1 Å². The van der Waals surface area contributed by atoms with E-state index in [1.165, 1.54) is 22.7 Å². The Labute approximate surface area is 178 Å². The average Bonchev–Trinajstić information content (AvgIpc) is 3.42. The molecule has 0 aliphatic rings. The van der Waals surface area contributed by atoms with Gasteiger partial charge in [-0.15, -0.1) is 21.5 Å². The smallest absolute Gasteiger partial charge is 0.263 e. The zero-order chi connectivity index (χ0) is 20.0. The molecule has 9 heteroatoms. The highest BCUT2D eigenvalue weighted by Crippen LogP contribution is 2.35. The van der Waals surface area contributed by atoms with E-state index in [2.05, 4.69) is 20.6 Å². The number of hydrogen-bond acceptors (Lipinski definition) is 6. The van der Waals surface area contributed by atoms with Gasteiger partial charge in [-0.2, -0.15) is 9.61 Å². The van der Waals surface area contributed by atoms with Gasteiger partial charge in [0.1, 0.15) is 9.88 Å². The van der Waals surface area contributed by atoms with E-state index in [4.69, 9.17) is 11.6 Å². The maximum Gasteiger partial charge on any atom is 0.263 e. The van der Waals surface area contributed by atoms with Crippen molar-refractivity contribution in [2.75, 3.05) is 0 Å². The van der Waals surface area contributed by atoms with Crippen LogP contribution in [-0.2, 0) is 6.54 Å². The standard InChI is InChI=1S/C20H14ClN5OS2/c1-11-23-24-20-26(11)25-19(29-20)13-8-6-12(7-9-13)10-22-18(27)17-16(21)14-4-2-3-5-15(14)28-17/h2-9H,10H2,1H3,(H,22,27). The molecule has 0 spiro atoms. The largest absolute Gasteiger partial charge is 0.347 e. The number of aromatic nitrogens is 4. The van der Waals surface area contributed by atoms with Gasteiger partial charge in [-0.1, -0.05) is 65.4 Å². The molecule has 144 valence electrons. The highest BCUT2D eigenvalue weighted by atomic mass is 35.5. The molecule has 3 aromatic heterocycles. The molecule has 0 bridgehead atoms. The molecule has 5 rings (SSSR count). The Kier molecular flexibility index (Phi) is 4.54. The van der Waals surface area contributed by atoms with Crippen LogP contribution in [0.4, 0.5) is 0 Å². The van der Waals surface area contributed by atoms with Crippen LogP contribution in [0, 0.1) is 6.92 Å². The predicted octanol–water partition coefficient (Wildman–Crippen LogP) is 4.96. The van der Waals surface area contributed by atoms with Crippen LogP contribution in [0.15, 0.2) is 48.5 Å². The van der Waals surface area contributed by atoms with Crippen LogP contribution >= 0.6 is 34.3 Å². The van der Waals surface area contributed by atoms with E-state index in [9.17, 15) is 4.79 Å². The van der Waals surface area contributed by atoms with Gasteiger partial charge >= 0.3 is 0 Å². The van der Waals surface area contributed by atoms with Crippen LogP contribution in [0.5, 0.6) is 0 Å². The molecule has 1 amide bonds. The number of thiophene rings is 1. The third-order valence-electron chi connectivity index (χ3n) is 4.54. The maximum atomic E-state index is 12.6. The minimum Gasteiger partial charge on any atom is -0.347 e. The number of carbonyl (C=O) groups is 1. The SMILES string of the molecule is Cc1nnc2sc(-c3ccc(CNC(=O)c4sc5ccccc5c4Cl)cc3)nn12. The quantitative estimate of drug-likeness (QED) is 0.429. The van der Waals surface area contributed by atoms with E-state index < -0.39 is 0 Å². The molecule has 0 saturated carbocycles. The van der Waals surface area contributed by atoms with Gasteiger partial charge < -0.3 is 5.32 Å². The molecule has 2 aromatic carbocycles. The van der Waals surface area contributed by atoms with E-state index in [0.29, 0.717) is 16.4 Å². The number of amides is 1. The number of nitrogens with one attached hydrogen (secondary N) is 1. The fourth-order valence-corrected chi connectivity index (χ4v) is 5.34. The number of nitrogens with zero attached hydrogens (tertiary/aromatic N) is 4.